The second-order valence-corrected chi connectivity index (χ2v) is 6.73. The molecule has 0 aliphatic rings. The van der Waals surface area contributed by atoms with Gasteiger partial charge in [0, 0.05) is 17.8 Å². The van der Waals surface area contributed by atoms with Crippen molar-refractivity contribution in [3.8, 4) is 16.9 Å². The standard InChI is InChI=1S/C23H22N2O2/c1-15(26)17-6-4-7-18(13-17)21-9-10-24-23-22(21)19(14-25-23)11-16-5-3-8-20(12-16)27-2/h3-10,12-15,26H,11H2,1-2H3,(H,24,25). The molecular weight excluding hydrogens is 336 g/mol. The molecule has 2 aromatic heterocycles. The number of hydrogen-bond acceptors (Lipinski definition) is 3. The Morgan fingerprint density at radius 1 is 1.11 bits per heavy atom. The molecule has 2 heterocycles. The second-order valence-electron chi connectivity index (χ2n) is 6.73. The summed E-state index contributed by atoms with van der Waals surface area (Å²) in [6.45, 7) is 1.78. The molecule has 136 valence electrons. The Morgan fingerprint density at radius 3 is 2.78 bits per heavy atom. The van der Waals surface area contributed by atoms with E-state index in [1.807, 2.05) is 48.8 Å². The number of ether oxygens (including phenoxy) is 1. The molecule has 2 aromatic carbocycles. The van der Waals surface area contributed by atoms with Crippen LogP contribution in [0.2, 0.25) is 0 Å². The van der Waals surface area contributed by atoms with Crippen LogP contribution in [0.3, 0.4) is 0 Å². The summed E-state index contributed by atoms with van der Waals surface area (Å²) in [4.78, 5) is 7.78. The van der Waals surface area contributed by atoms with Crippen LogP contribution in [-0.4, -0.2) is 22.2 Å². The molecule has 0 radical (unpaired) electrons. The van der Waals surface area contributed by atoms with Crippen LogP contribution in [0, 0.1) is 0 Å². The quantitative estimate of drug-likeness (QED) is 0.534. The molecule has 27 heavy (non-hydrogen) atoms. The van der Waals surface area contributed by atoms with Crippen molar-refractivity contribution in [1.29, 1.82) is 0 Å². The highest BCUT2D eigenvalue weighted by Crippen LogP contribution is 2.32. The van der Waals surface area contributed by atoms with Gasteiger partial charge in [-0.15, -0.1) is 0 Å². The van der Waals surface area contributed by atoms with Gasteiger partial charge < -0.3 is 14.8 Å². The summed E-state index contributed by atoms with van der Waals surface area (Å²) in [5.74, 6) is 0.857. The van der Waals surface area contributed by atoms with Crippen molar-refractivity contribution in [2.24, 2.45) is 0 Å². The average Bonchev–Trinajstić information content (AvgIpc) is 3.11. The van der Waals surface area contributed by atoms with Gasteiger partial charge in [0.15, 0.2) is 0 Å². The minimum absolute atomic E-state index is 0.496. The number of benzene rings is 2. The smallest absolute Gasteiger partial charge is 0.138 e. The van der Waals surface area contributed by atoms with E-state index in [4.69, 9.17) is 4.74 Å². The minimum atomic E-state index is -0.496. The molecule has 2 N–H and O–H groups in total. The van der Waals surface area contributed by atoms with Gasteiger partial charge in [-0.3, -0.25) is 0 Å². The summed E-state index contributed by atoms with van der Waals surface area (Å²) < 4.78 is 5.35. The molecule has 4 heteroatoms. The molecule has 0 amide bonds. The number of pyridine rings is 1. The molecule has 0 saturated carbocycles. The van der Waals surface area contributed by atoms with Gasteiger partial charge in [0.2, 0.25) is 0 Å². The van der Waals surface area contributed by atoms with Crippen molar-refractivity contribution in [3.63, 3.8) is 0 Å². The zero-order chi connectivity index (χ0) is 18.8. The van der Waals surface area contributed by atoms with E-state index in [1.165, 1.54) is 11.1 Å². The van der Waals surface area contributed by atoms with Gasteiger partial charge in [0.1, 0.15) is 11.4 Å². The number of H-pyrrole nitrogens is 1. The van der Waals surface area contributed by atoms with Crippen LogP contribution >= 0.6 is 0 Å². The molecule has 4 nitrogen and oxygen atoms in total. The maximum atomic E-state index is 9.94. The van der Waals surface area contributed by atoms with Crippen LogP contribution < -0.4 is 4.74 Å². The number of aromatic amines is 1. The van der Waals surface area contributed by atoms with Crippen LogP contribution in [0.15, 0.2) is 67.0 Å². The molecule has 0 bridgehead atoms. The lowest BCUT2D eigenvalue weighted by atomic mass is 9.96. The Labute approximate surface area is 158 Å². The number of aromatic nitrogens is 2. The Kier molecular flexibility index (Phi) is 4.65. The van der Waals surface area contributed by atoms with Gasteiger partial charge in [0.25, 0.3) is 0 Å². The van der Waals surface area contributed by atoms with Crippen molar-refractivity contribution >= 4 is 11.0 Å². The summed E-state index contributed by atoms with van der Waals surface area (Å²) in [6, 6.07) is 18.2. The van der Waals surface area contributed by atoms with E-state index < -0.39 is 6.10 Å². The number of fused-ring (bicyclic) bond motifs is 1. The number of methoxy groups -OCH3 is 1. The zero-order valence-electron chi connectivity index (χ0n) is 15.4. The first-order chi connectivity index (χ1) is 13.2. The number of rotatable bonds is 5. The van der Waals surface area contributed by atoms with E-state index >= 15 is 0 Å². The van der Waals surface area contributed by atoms with Gasteiger partial charge in [-0.25, -0.2) is 4.98 Å². The van der Waals surface area contributed by atoms with Crippen molar-refractivity contribution in [3.05, 3.63) is 83.7 Å². The van der Waals surface area contributed by atoms with Crippen LogP contribution in [0.5, 0.6) is 5.75 Å². The molecule has 0 fully saturated rings. The second kappa shape index (κ2) is 7.25. The van der Waals surface area contributed by atoms with Crippen LogP contribution in [0.1, 0.15) is 29.7 Å². The van der Waals surface area contributed by atoms with Crippen molar-refractivity contribution in [1.82, 2.24) is 9.97 Å². The van der Waals surface area contributed by atoms with Gasteiger partial charge in [0.05, 0.1) is 13.2 Å². The van der Waals surface area contributed by atoms with Gasteiger partial charge >= 0.3 is 0 Å². The summed E-state index contributed by atoms with van der Waals surface area (Å²) in [7, 11) is 1.68. The number of aliphatic hydroxyl groups is 1. The lowest BCUT2D eigenvalue weighted by Gasteiger charge is -2.10. The number of hydrogen-bond donors (Lipinski definition) is 2. The molecule has 0 spiro atoms. The van der Waals surface area contributed by atoms with E-state index in [2.05, 4.69) is 28.2 Å². The average molecular weight is 358 g/mol. The number of nitrogens with zero attached hydrogens (tertiary/aromatic N) is 1. The Hall–Kier alpha value is -3.11. The first-order valence-corrected chi connectivity index (χ1v) is 9.02. The predicted octanol–water partition coefficient (Wildman–Crippen LogP) is 4.88. The third-order valence-electron chi connectivity index (χ3n) is 4.86. The van der Waals surface area contributed by atoms with Crippen molar-refractivity contribution < 1.29 is 9.84 Å². The fourth-order valence-corrected chi connectivity index (χ4v) is 3.47. The highest BCUT2D eigenvalue weighted by molar-refractivity contribution is 5.95. The Morgan fingerprint density at radius 2 is 1.96 bits per heavy atom. The maximum absolute atomic E-state index is 9.94. The Balaban J connectivity index is 1.81. The monoisotopic (exact) mass is 358 g/mol. The molecule has 0 aliphatic heterocycles. The zero-order valence-corrected chi connectivity index (χ0v) is 15.4. The normalized spacial score (nSPS) is 12.3. The van der Waals surface area contributed by atoms with E-state index in [1.54, 1.807) is 14.0 Å². The third-order valence-corrected chi connectivity index (χ3v) is 4.86. The highest BCUT2D eigenvalue weighted by atomic mass is 16.5. The van der Waals surface area contributed by atoms with Crippen molar-refractivity contribution in [2.75, 3.05) is 7.11 Å². The lowest BCUT2D eigenvalue weighted by molar-refractivity contribution is 0.199. The van der Waals surface area contributed by atoms with Crippen LogP contribution in [-0.2, 0) is 6.42 Å². The van der Waals surface area contributed by atoms with Gasteiger partial charge in [-0.05, 0) is 65.4 Å². The number of nitrogens with one attached hydrogen (secondary N) is 1. The van der Waals surface area contributed by atoms with Crippen LogP contribution in [0.4, 0.5) is 0 Å². The van der Waals surface area contributed by atoms with E-state index in [9.17, 15) is 5.11 Å². The molecule has 1 unspecified atom stereocenters. The minimum Gasteiger partial charge on any atom is -0.497 e. The van der Waals surface area contributed by atoms with Gasteiger partial charge in [-0.1, -0.05) is 30.3 Å². The third kappa shape index (κ3) is 3.44. The Bertz CT molecular complexity index is 1080. The van der Waals surface area contributed by atoms with E-state index in [0.717, 1.165) is 39.9 Å². The van der Waals surface area contributed by atoms with E-state index in [-0.39, 0.29) is 0 Å². The predicted molar refractivity (Wildman–Crippen MR) is 108 cm³/mol. The topological polar surface area (TPSA) is 58.1 Å². The summed E-state index contributed by atoms with van der Waals surface area (Å²) >= 11 is 0. The van der Waals surface area contributed by atoms with E-state index in [0.29, 0.717) is 0 Å². The van der Waals surface area contributed by atoms with Gasteiger partial charge in [-0.2, -0.15) is 0 Å². The first-order valence-electron chi connectivity index (χ1n) is 9.02. The molecule has 4 aromatic rings. The fourth-order valence-electron chi connectivity index (χ4n) is 3.47. The fraction of sp³-hybridized carbons (Fsp3) is 0.174. The summed E-state index contributed by atoms with van der Waals surface area (Å²) in [5, 5.41) is 11.1. The molecule has 0 aliphatic carbocycles. The number of aliphatic hydroxyl groups excluding tert-OH is 1. The molecule has 0 saturated heterocycles. The maximum Gasteiger partial charge on any atom is 0.138 e. The van der Waals surface area contributed by atoms with Crippen LogP contribution in [0.25, 0.3) is 22.2 Å². The molecule has 1 atom stereocenters. The lowest BCUT2D eigenvalue weighted by Crippen LogP contribution is -1.93. The largest absolute Gasteiger partial charge is 0.497 e. The first kappa shape index (κ1) is 17.3. The highest BCUT2D eigenvalue weighted by Gasteiger charge is 2.13. The summed E-state index contributed by atoms with van der Waals surface area (Å²) in [6.07, 6.45) is 4.13. The molecule has 4 rings (SSSR count). The summed E-state index contributed by atoms with van der Waals surface area (Å²) in [5.41, 5.74) is 6.33. The SMILES string of the molecule is COc1cccc(Cc2c[nH]c3nccc(-c4cccc(C(C)O)c4)c23)c1. The molecular formula is C23H22N2O2. The van der Waals surface area contributed by atoms with Crippen molar-refractivity contribution in [2.45, 2.75) is 19.4 Å².